The van der Waals surface area contributed by atoms with Gasteiger partial charge in [0.15, 0.2) is 11.0 Å². The Morgan fingerprint density at radius 2 is 2.04 bits per heavy atom. The van der Waals surface area contributed by atoms with Crippen LogP contribution in [-0.4, -0.2) is 40.1 Å². The number of hydrogen-bond acceptors (Lipinski definition) is 5. The summed E-state index contributed by atoms with van der Waals surface area (Å²) in [4.78, 5) is 12.3. The zero-order valence-corrected chi connectivity index (χ0v) is 17.2. The van der Waals surface area contributed by atoms with E-state index in [9.17, 15) is 4.79 Å². The molecule has 0 unspecified atom stereocenters. The van der Waals surface area contributed by atoms with Crippen LogP contribution in [0.5, 0.6) is 5.75 Å². The second-order valence-electron chi connectivity index (χ2n) is 7.03. The summed E-state index contributed by atoms with van der Waals surface area (Å²) < 4.78 is 7.19. The van der Waals surface area contributed by atoms with Gasteiger partial charge in [-0.3, -0.25) is 9.36 Å². The fourth-order valence-corrected chi connectivity index (χ4v) is 4.25. The van der Waals surface area contributed by atoms with Gasteiger partial charge in [0, 0.05) is 18.7 Å². The molecule has 0 atom stereocenters. The van der Waals surface area contributed by atoms with Crippen LogP contribution in [-0.2, 0) is 11.3 Å². The molecule has 3 rings (SSSR count). The molecule has 1 N–H and O–H groups in total. The second-order valence-corrected chi connectivity index (χ2v) is 7.97. The number of amides is 1. The predicted octanol–water partition coefficient (Wildman–Crippen LogP) is 3.93. The first kappa shape index (κ1) is 20.5. The van der Waals surface area contributed by atoms with Gasteiger partial charge >= 0.3 is 0 Å². The van der Waals surface area contributed by atoms with E-state index in [4.69, 9.17) is 4.74 Å². The lowest BCUT2D eigenvalue weighted by molar-refractivity contribution is -0.118. The third-order valence-electron chi connectivity index (χ3n) is 5.02. The molecular formula is C21H28N4O2S. The average molecular weight is 401 g/mol. The van der Waals surface area contributed by atoms with Crippen LogP contribution < -0.4 is 10.1 Å². The highest BCUT2D eigenvalue weighted by atomic mass is 32.2. The van der Waals surface area contributed by atoms with Gasteiger partial charge in [-0.2, -0.15) is 0 Å². The van der Waals surface area contributed by atoms with E-state index in [0.717, 1.165) is 28.8 Å². The Kier molecular flexibility index (Phi) is 7.54. The molecule has 0 radical (unpaired) electrons. The van der Waals surface area contributed by atoms with Crippen LogP contribution in [0.2, 0.25) is 0 Å². The monoisotopic (exact) mass is 400 g/mol. The van der Waals surface area contributed by atoms with E-state index in [-0.39, 0.29) is 5.91 Å². The second kappa shape index (κ2) is 10.3. The van der Waals surface area contributed by atoms with Crippen LogP contribution in [0.1, 0.15) is 32.1 Å². The number of allylic oxidation sites excluding steroid dienone is 1. The highest BCUT2D eigenvalue weighted by Crippen LogP contribution is 2.26. The first-order chi connectivity index (χ1) is 13.7. The Morgan fingerprint density at radius 1 is 1.29 bits per heavy atom. The molecule has 1 aromatic carbocycles. The highest BCUT2D eigenvalue weighted by Gasteiger charge is 2.17. The quantitative estimate of drug-likeness (QED) is 0.510. The minimum absolute atomic E-state index is 0.0507. The number of aromatic nitrogens is 3. The van der Waals surface area contributed by atoms with Gasteiger partial charge in [-0.15, -0.1) is 16.8 Å². The Morgan fingerprint density at radius 3 is 2.71 bits per heavy atom. The third kappa shape index (κ3) is 5.38. The molecule has 1 aliphatic rings. The number of thioether (sulfide) groups is 1. The molecule has 2 aromatic rings. The van der Waals surface area contributed by atoms with E-state index >= 15 is 0 Å². The zero-order chi connectivity index (χ0) is 19.8. The van der Waals surface area contributed by atoms with Gasteiger partial charge in [0.05, 0.1) is 12.9 Å². The summed E-state index contributed by atoms with van der Waals surface area (Å²) in [6.45, 7) is 5.20. The SMILES string of the molecule is C=CCn1c(SCC(=O)NCC2CCCCC2)nnc1-c1ccc(OC)cc1. The minimum atomic E-state index is 0.0507. The maximum atomic E-state index is 12.3. The van der Waals surface area contributed by atoms with Gasteiger partial charge in [-0.05, 0) is 43.0 Å². The van der Waals surface area contributed by atoms with E-state index in [1.165, 1.54) is 43.9 Å². The van der Waals surface area contributed by atoms with Crippen molar-refractivity contribution in [2.24, 2.45) is 5.92 Å². The predicted molar refractivity (Wildman–Crippen MR) is 113 cm³/mol. The molecule has 1 heterocycles. The molecule has 1 aromatic heterocycles. The molecule has 0 spiro atoms. The van der Waals surface area contributed by atoms with E-state index in [0.29, 0.717) is 18.2 Å². The summed E-state index contributed by atoms with van der Waals surface area (Å²) in [5.74, 6) is 2.57. The summed E-state index contributed by atoms with van der Waals surface area (Å²) in [7, 11) is 1.64. The topological polar surface area (TPSA) is 69.0 Å². The van der Waals surface area contributed by atoms with Crippen LogP contribution in [0.4, 0.5) is 0 Å². The van der Waals surface area contributed by atoms with Crippen molar-refractivity contribution in [1.29, 1.82) is 0 Å². The van der Waals surface area contributed by atoms with Crippen LogP contribution >= 0.6 is 11.8 Å². The number of carbonyl (C=O) groups excluding carboxylic acids is 1. The van der Waals surface area contributed by atoms with Crippen LogP contribution in [0.15, 0.2) is 42.1 Å². The molecule has 1 aliphatic carbocycles. The number of benzene rings is 1. The number of methoxy groups -OCH3 is 1. The van der Waals surface area contributed by atoms with Crippen molar-refractivity contribution in [1.82, 2.24) is 20.1 Å². The van der Waals surface area contributed by atoms with E-state index in [1.54, 1.807) is 7.11 Å². The van der Waals surface area contributed by atoms with Crippen molar-refractivity contribution in [3.05, 3.63) is 36.9 Å². The van der Waals surface area contributed by atoms with Crippen molar-refractivity contribution in [2.75, 3.05) is 19.4 Å². The smallest absolute Gasteiger partial charge is 0.230 e. The van der Waals surface area contributed by atoms with Crippen molar-refractivity contribution in [3.63, 3.8) is 0 Å². The normalized spacial score (nSPS) is 14.6. The summed E-state index contributed by atoms with van der Waals surface area (Å²) in [6, 6.07) is 7.70. The molecular weight excluding hydrogens is 372 g/mol. The molecule has 0 saturated heterocycles. The average Bonchev–Trinajstić information content (AvgIpc) is 3.14. The lowest BCUT2D eigenvalue weighted by Gasteiger charge is -2.21. The summed E-state index contributed by atoms with van der Waals surface area (Å²) in [5.41, 5.74) is 0.948. The van der Waals surface area contributed by atoms with Crippen molar-refractivity contribution in [2.45, 2.75) is 43.8 Å². The van der Waals surface area contributed by atoms with Gasteiger partial charge in [0.25, 0.3) is 0 Å². The van der Waals surface area contributed by atoms with Crippen molar-refractivity contribution < 1.29 is 9.53 Å². The minimum Gasteiger partial charge on any atom is -0.497 e. The standard InChI is InChI=1S/C21H28N4O2S/c1-3-13-25-20(17-9-11-18(27-2)12-10-17)23-24-21(25)28-15-19(26)22-14-16-7-5-4-6-8-16/h3,9-12,16H,1,4-8,13-15H2,2H3,(H,22,26). The van der Waals surface area contributed by atoms with Gasteiger partial charge in [0.1, 0.15) is 5.75 Å². The van der Waals surface area contributed by atoms with Gasteiger partial charge in [-0.25, -0.2) is 0 Å². The first-order valence-corrected chi connectivity index (χ1v) is 10.8. The molecule has 7 heteroatoms. The number of carbonyl (C=O) groups is 1. The number of hydrogen-bond donors (Lipinski definition) is 1. The zero-order valence-electron chi connectivity index (χ0n) is 16.4. The van der Waals surface area contributed by atoms with Crippen LogP contribution in [0, 0.1) is 5.92 Å². The Bertz CT molecular complexity index is 782. The summed E-state index contributed by atoms with van der Waals surface area (Å²) in [5, 5.41) is 12.4. The van der Waals surface area contributed by atoms with Crippen LogP contribution in [0.3, 0.4) is 0 Å². The lowest BCUT2D eigenvalue weighted by Crippen LogP contribution is -2.31. The van der Waals surface area contributed by atoms with E-state index in [2.05, 4.69) is 22.1 Å². The third-order valence-corrected chi connectivity index (χ3v) is 5.99. The fourth-order valence-electron chi connectivity index (χ4n) is 3.47. The Labute approximate surface area is 170 Å². The first-order valence-electron chi connectivity index (χ1n) is 9.79. The number of rotatable bonds is 9. The molecule has 0 bridgehead atoms. The van der Waals surface area contributed by atoms with Crippen molar-refractivity contribution in [3.8, 4) is 17.1 Å². The van der Waals surface area contributed by atoms with E-state index in [1.807, 2.05) is 34.9 Å². The maximum Gasteiger partial charge on any atom is 0.230 e. The molecule has 0 aliphatic heterocycles. The molecule has 1 amide bonds. The molecule has 28 heavy (non-hydrogen) atoms. The largest absolute Gasteiger partial charge is 0.497 e. The van der Waals surface area contributed by atoms with Gasteiger partial charge in [-0.1, -0.05) is 37.1 Å². The molecule has 1 saturated carbocycles. The summed E-state index contributed by atoms with van der Waals surface area (Å²) >= 11 is 1.41. The number of ether oxygens (including phenoxy) is 1. The Balaban J connectivity index is 1.60. The molecule has 1 fully saturated rings. The fraction of sp³-hybridized carbons (Fsp3) is 0.476. The van der Waals surface area contributed by atoms with Crippen molar-refractivity contribution >= 4 is 17.7 Å². The number of nitrogens with zero attached hydrogens (tertiary/aromatic N) is 3. The van der Waals surface area contributed by atoms with Gasteiger partial charge < -0.3 is 10.1 Å². The maximum absolute atomic E-state index is 12.3. The molecule has 6 nitrogen and oxygen atoms in total. The van der Waals surface area contributed by atoms with E-state index < -0.39 is 0 Å². The molecule has 150 valence electrons. The lowest BCUT2D eigenvalue weighted by atomic mass is 9.89. The summed E-state index contributed by atoms with van der Waals surface area (Å²) in [6.07, 6.45) is 8.17. The highest BCUT2D eigenvalue weighted by molar-refractivity contribution is 7.99. The van der Waals surface area contributed by atoms with Crippen LogP contribution in [0.25, 0.3) is 11.4 Å². The van der Waals surface area contributed by atoms with Gasteiger partial charge in [0.2, 0.25) is 5.91 Å². The Hall–Kier alpha value is -2.28. The number of nitrogens with one attached hydrogen (secondary N) is 1.